The van der Waals surface area contributed by atoms with E-state index in [4.69, 9.17) is 10.2 Å². The van der Waals surface area contributed by atoms with Crippen LogP contribution in [0.3, 0.4) is 0 Å². The molecule has 0 radical (unpaired) electrons. The first-order valence-electron chi connectivity index (χ1n) is 8.91. The van der Waals surface area contributed by atoms with Crippen LogP contribution in [0.1, 0.15) is 37.7 Å². The fourth-order valence-corrected chi connectivity index (χ4v) is 3.07. The van der Waals surface area contributed by atoms with E-state index in [1.165, 1.54) is 36.7 Å². The molecule has 1 heterocycles. The number of carboxylic acid groups (broad SMARTS) is 1. The molecule has 0 aliphatic rings. The highest BCUT2D eigenvalue weighted by atomic mass is 19.1. The maximum Gasteiger partial charge on any atom is 0.328 e. The van der Waals surface area contributed by atoms with E-state index in [0.29, 0.717) is 16.9 Å². The van der Waals surface area contributed by atoms with E-state index in [1.54, 1.807) is 13.8 Å². The molecule has 0 aliphatic carbocycles. The van der Waals surface area contributed by atoms with Crippen LogP contribution in [0.5, 0.6) is 0 Å². The maximum atomic E-state index is 13.4. The molecule has 0 bridgehead atoms. The number of halogens is 1. The van der Waals surface area contributed by atoms with Crippen LogP contribution in [0.15, 0.2) is 18.2 Å². The highest BCUT2D eigenvalue weighted by Gasteiger charge is 2.30. The van der Waals surface area contributed by atoms with E-state index in [0.717, 1.165) is 0 Å². The molecule has 2 aromatic rings. The lowest BCUT2D eigenvalue weighted by Crippen LogP contribution is -2.46. The average Bonchev–Trinajstić information content (AvgIpc) is 2.90. The number of carbonyl (C=O) groups is 4. The molecule has 2 rings (SSSR count). The molecular formula is C20H22FN3O6. The molecular weight excluding hydrogens is 397 g/mol. The number of aliphatic hydroxyl groups excluding tert-OH is 1. The van der Waals surface area contributed by atoms with E-state index in [-0.39, 0.29) is 16.8 Å². The highest BCUT2D eigenvalue weighted by molar-refractivity contribution is 6.43. The predicted molar refractivity (Wildman–Crippen MR) is 105 cm³/mol. The summed E-state index contributed by atoms with van der Waals surface area (Å²) in [7, 11) is 1.49. The van der Waals surface area contributed by atoms with Crippen molar-refractivity contribution in [2.75, 3.05) is 11.9 Å². The minimum absolute atomic E-state index is 0.0903. The molecule has 1 aromatic heterocycles. The molecule has 0 spiro atoms. The van der Waals surface area contributed by atoms with Crippen molar-refractivity contribution in [1.29, 1.82) is 0 Å². The predicted octanol–water partition coefficient (Wildman–Crippen LogP) is 1.09. The van der Waals surface area contributed by atoms with Crippen molar-refractivity contribution in [3.8, 4) is 0 Å². The van der Waals surface area contributed by atoms with Gasteiger partial charge in [-0.3, -0.25) is 14.4 Å². The molecule has 0 aliphatic heterocycles. The maximum absolute atomic E-state index is 13.4. The Kier molecular flexibility index (Phi) is 6.73. The Bertz CT molecular complexity index is 1040. The molecule has 1 unspecified atom stereocenters. The molecule has 0 fully saturated rings. The fraction of sp³-hybridized carbons (Fsp3) is 0.300. The Morgan fingerprint density at radius 3 is 2.33 bits per heavy atom. The summed E-state index contributed by atoms with van der Waals surface area (Å²) >= 11 is 0. The quantitative estimate of drug-likeness (QED) is 0.392. The third-order valence-electron chi connectivity index (χ3n) is 4.78. The number of rotatable bonds is 7. The van der Waals surface area contributed by atoms with E-state index >= 15 is 0 Å². The number of Topliss-reactive ketones (excluding diaryl/α,β-unsaturated/α-hetero) is 1. The summed E-state index contributed by atoms with van der Waals surface area (Å²) in [6.07, 6.45) is 0. The van der Waals surface area contributed by atoms with E-state index < -0.39 is 42.0 Å². The first-order valence-corrected chi connectivity index (χ1v) is 8.91. The molecule has 30 heavy (non-hydrogen) atoms. The standard InChI is InChI=1S/C20H22FN3O6/c1-9-7-12(5-6-13(9)21)22-18(27)15-10(2)16(24(4)11(15)3)17(26)19(28)23-14(8-25)20(29)30/h5-7,14,25H,8H2,1-4H3,(H,22,27)(H,23,28)(H,29,30). The minimum Gasteiger partial charge on any atom is -0.480 e. The molecule has 0 saturated heterocycles. The number of benzene rings is 1. The van der Waals surface area contributed by atoms with Gasteiger partial charge >= 0.3 is 5.97 Å². The number of carbonyl (C=O) groups excluding carboxylic acids is 3. The zero-order chi connectivity index (χ0) is 22.7. The first-order chi connectivity index (χ1) is 14.0. The zero-order valence-electron chi connectivity index (χ0n) is 16.9. The number of aliphatic carboxylic acids is 1. The Morgan fingerprint density at radius 1 is 1.17 bits per heavy atom. The SMILES string of the molecule is Cc1cc(NC(=O)c2c(C)c(C(=O)C(=O)NC(CO)C(=O)O)n(C)c2C)ccc1F. The van der Waals surface area contributed by atoms with Crippen LogP contribution < -0.4 is 10.6 Å². The van der Waals surface area contributed by atoms with E-state index in [1.807, 2.05) is 5.32 Å². The number of carboxylic acids is 1. The molecule has 160 valence electrons. The van der Waals surface area contributed by atoms with Gasteiger partial charge in [0, 0.05) is 18.4 Å². The largest absolute Gasteiger partial charge is 0.480 e. The summed E-state index contributed by atoms with van der Waals surface area (Å²) in [4.78, 5) is 48.5. The van der Waals surface area contributed by atoms with Crippen LogP contribution in [0.2, 0.25) is 0 Å². The molecule has 0 saturated carbocycles. The minimum atomic E-state index is -1.63. The van der Waals surface area contributed by atoms with Crippen molar-refractivity contribution in [3.63, 3.8) is 0 Å². The lowest BCUT2D eigenvalue weighted by atomic mass is 10.1. The van der Waals surface area contributed by atoms with Crippen LogP contribution in [0.25, 0.3) is 0 Å². The number of amides is 2. The van der Waals surface area contributed by atoms with Crippen molar-refractivity contribution in [2.45, 2.75) is 26.8 Å². The lowest BCUT2D eigenvalue weighted by Gasteiger charge is -2.11. The summed E-state index contributed by atoms with van der Waals surface area (Å²) in [6.45, 7) is 3.74. The third-order valence-corrected chi connectivity index (χ3v) is 4.78. The average molecular weight is 419 g/mol. The van der Waals surface area contributed by atoms with Crippen LogP contribution in [0, 0.1) is 26.6 Å². The van der Waals surface area contributed by atoms with Gasteiger partial charge in [0.25, 0.3) is 17.6 Å². The van der Waals surface area contributed by atoms with Crippen LogP contribution in [-0.2, 0) is 16.6 Å². The molecule has 4 N–H and O–H groups in total. The van der Waals surface area contributed by atoms with Crippen molar-refractivity contribution in [2.24, 2.45) is 7.05 Å². The number of aryl methyl sites for hydroxylation is 1. The number of hydrogen-bond donors (Lipinski definition) is 4. The number of nitrogens with one attached hydrogen (secondary N) is 2. The van der Waals surface area contributed by atoms with Crippen LogP contribution in [0.4, 0.5) is 10.1 Å². The van der Waals surface area contributed by atoms with Gasteiger partial charge in [-0.15, -0.1) is 0 Å². The van der Waals surface area contributed by atoms with E-state index in [2.05, 4.69) is 5.32 Å². The van der Waals surface area contributed by atoms with Crippen molar-refractivity contribution >= 4 is 29.3 Å². The topological polar surface area (TPSA) is 138 Å². The zero-order valence-corrected chi connectivity index (χ0v) is 16.9. The van der Waals surface area contributed by atoms with Gasteiger partial charge in [-0.1, -0.05) is 0 Å². The number of aliphatic hydroxyl groups is 1. The van der Waals surface area contributed by atoms with Gasteiger partial charge in [0.2, 0.25) is 0 Å². The van der Waals surface area contributed by atoms with Gasteiger partial charge in [-0.2, -0.15) is 0 Å². The summed E-state index contributed by atoms with van der Waals surface area (Å²) in [5.41, 5.74) is 1.40. The second-order valence-electron chi connectivity index (χ2n) is 6.79. The normalized spacial score (nSPS) is 11.7. The van der Waals surface area contributed by atoms with Gasteiger partial charge < -0.3 is 25.4 Å². The van der Waals surface area contributed by atoms with Gasteiger partial charge in [-0.05, 0) is 50.1 Å². The second-order valence-corrected chi connectivity index (χ2v) is 6.79. The highest BCUT2D eigenvalue weighted by Crippen LogP contribution is 2.23. The molecule has 10 heteroatoms. The van der Waals surface area contributed by atoms with Gasteiger partial charge in [0.05, 0.1) is 17.9 Å². The Hall–Kier alpha value is -3.53. The van der Waals surface area contributed by atoms with Gasteiger partial charge in [0.1, 0.15) is 5.82 Å². The van der Waals surface area contributed by atoms with Crippen molar-refractivity contribution in [3.05, 3.63) is 52.1 Å². The number of aromatic nitrogens is 1. The first kappa shape index (κ1) is 22.8. The monoisotopic (exact) mass is 419 g/mol. The number of nitrogens with zero attached hydrogens (tertiary/aromatic N) is 1. The molecule has 9 nitrogen and oxygen atoms in total. The Balaban J connectivity index is 2.34. The Morgan fingerprint density at radius 2 is 1.80 bits per heavy atom. The number of ketones is 1. The van der Waals surface area contributed by atoms with Crippen molar-refractivity contribution < 1.29 is 33.8 Å². The van der Waals surface area contributed by atoms with Crippen molar-refractivity contribution in [1.82, 2.24) is 9.88 Å². The number of hydrogen-bond acceptors (Lipinski definition) is 5. The second kappa shape index (κ2) is 8.87. The summed E-state index contributed by atoms with van der Waals surface area (Å²) in [5, 5.41) is 22.5. The number of anilines is 1. The fourth-order valence-electron chi connectivity index (χ4n) is 3.07. The summed E-state index contributed by atoms with van der Waals surface area (Å²) in [5.74, 6) is -4.73. The van der Waals surface area contributed by atoms with Crippen LogP contribution >= 0.6 is 0 Å². The third kappa shape index (κ3) is 4.38. The molecule has 1 aromatic carbocycles. The van der Waals surface area contributed by atoms with Crippen LogP contribution in [-0.4, -0.2) is 51.0 Å². The summed E-state index contributed by atoms with van der Waals surface area (Å²) in [6, 6.07) is 2.44. The Labute approximate surface area is 171 Å². The summed E-state index contributed by atoms with van der Waals surface area (Å²) < 4.78 is 14.8. The van der Waals surface area contributed by atoms with Gasteiger partial charge in [-0.25, -0.2) is 9.18 Å². The smallest absolute Gasteiger partial charge is 0.328 e. The van der Waals surface area contributed by atoms with E-state index in [9.17, 15) is 23.6 Å². The van der Waals surface area contributed by atoms with Gasteiger partial charge in [0.15, 0.2) is 6.04 Å². The molecule has 1 atom stereocenters. The molecule has 2 amide bonds. The lowest BCUT2D eigenvalue weighted by molar-refractivity contribution is -0.142.